The Balaban J connectivity index is 2.23. The van der Waals surface area contributed by atoms with Gasteiger partial charge < -0.3 is 10.5 Å². The number of rotatable bonds is 0. The van der Waals surface area contributed by atoms with Crippen LogP contribution in [0.1, 0.15) is 13.3 Å². The fourth-order valence-electron chi connectivity index (χ4n) is 0.866. The first kappa shape index (κ1) is 6.05. The molecule has 1 fully saturated rings. The second kappa shape index (κ2) is 2.46. The summed E-state index contributed by atoms with van der Waals surface area (Å²) in [5, 5.41) is 0. The number of hydrogen-bond donors (Lipinski definition) is 1. The molecule has 2 heteroatoms. The Hall–Kier alpha value is -0.0800. The third kappa shape index (κ3) is 1.46. The molecule has 0 bridgehead atoms. The van der Waals surface area contributed by atoms with Gasteiger partial charge >= 0.3 is 0 Å². The van der Waals surface area contributed by atoms with Gasteiger partial charge in [-0.05, 0) is 12.3 Å². The van der Waals surface area contributed by atoms with Gasteiger partial charge in [-0.3, -0.25) is 0 Å². The van der Waals surface area contributed by atoms with Gasteiger partial charge in [0.15, 0.2) is 0 Å². The van der Waals surface area contributed by atoms with Crippen molar-refractivity contribution in [1.82, 2.24) is 0 Å². The monoisotopic (exact) mass is 114 g/mol. The van der Waals surface area contributed by atoms with Gasteiger partial charge in [0.1, 0.15) is 6.23 Å². The van der Waals surface area contributed by atoms with E-state index in [2.05, 4.69) is 6.92 Å². The lowest BCUT2D eigenvalue weighted by atomic mass is 10.0. The highest BCUT2D eigenvalue weighted by molar-refractivity contribution is 4.81. The zero-order valence-corrected chi connectivity index (χ0v) is 5.13. The maximum absolute atomic E-state index is 5.45. The molecule has 0 aliphatic carbocycles. The molecule has 0 aromatic heterocycles. The molecular weight excluding hydrogens is 102 g/mol. The van der Waals surface area contributed by atoms with E-state index in [1.54, 1.807) is 0 Å². The smallest absolute Gasteiger partial charge is 0.109 e. The largest absolute Gasteiger partial charge is 0.363 e. The summed E-state index contributed by atoms with van der Waals surface area (Å²) in [6.07, 6.45) is 3.04. The summed E-state index contributed by atoms with van der Waals surface area (Å²) in [4.78, 5) is 0. The van der Waals surface area contributed by atoms with Gasteiger partial charge in [0.2, 0.25) is 0 Å². The third-order valence-corrected chi connectivity index (χ3v) is 1.40. The van der Waals surface area contributed by atoms with Gasteiger partial charge in [-0.1, -0.05) is 6.92 Å². The molecule has 1 aliphatic rings. The van der Waals surface area contributed by atoms with Gasteiger partial charge in [0, 0.05) is 13.0 Å². The van der Waals surface area contributed by atoms with Gasteiger partial charge in [-0.25, -0.2) is 0 Å². The van der Waals surface area contributed by atoms with Crippen molar-refractivity contribution in [2.24, 2.45) is 11.7 Å². The van der Waals surface area contributed by atoms with E-state index in [0.29, 0.717) is 5.92 Å². The van der Waals surface area contributed by atoms with E-state index in [0.717, 1.165) is 13.0 Å². The minimum absolute atomic E-state index is 0.112. The highest BCUT2D eigenvalue weighted by Gasteiger charge is 2.14. The average Bonchev–Trinajstić information content (AvgIpc) is 1.64. The van der Waals surface area contributed by atoms with Crippen molar-refractivity contribution in [3.63, 3.8) is 0 Å². The zero-order chi connectivity index (χ0) is 5.98. The Bertz CT molecular complexity index is 66.9. The van der Waals surface area contributed by atoms with Crippen LogP contribution in [0, 0.1) is 12.3 Å². The predicted molar refractivity (Wildman–Crippen MR) is 32.0 cm³/mol. The topological polar surface area (TPSA) is 35.2 Å². The van der Waals surface area contributed by atoms with Crippen molar-refractivity contribution in [3.05, 3.63) is 6.42 Å². The number of nitrogens with two attached hydrogens (primary N) is 1. The van der Waals surface area contributed by atoms with Crippen LogP contribution in [-0.2, 0) is 4.74 Å². The second-order valence-electron chi connectivity index (χ2n) is 2.29. The van der Waals surface area contributed by atoms with Crippen LogP contribution in [0.15, 0.2) is 0 Å². The molecule has 1 rings (SSSR count). The van der Waals surface area contributed by atoms with Gasteiger partial charge in [0.05, 0.1) is 0 Å². The molecule has 0 amide bonds. The van der Waals surface area contributed by atoms with Crippen LogP contribution in [0.25, 0.3) is 0 Å². The van der Waals surface area contributed by atoms with Crippen molar-refractivity contribution in [2.75, 3.05) is 6.61 Å². The number of hydrogen-bond acceptors (Lipinski definition) is 2. The summed E-state index contributed by atoms with van der Waals surface area (Å²) >= 11 is 0. The van der Waals surface area contributed by atoms with E-state index >= 15 is 0 Å². The second-order valence-corrected chi connectivity index (χ2v) is 2.29. The highest BCUT2D eigenvalue weighted by atomic mass is 16.5. The first-order valence-electron chi connectivity index (χ1n) is 3.01. The Morgan fingerprint density at radius 3 is 2.88 bits per heavy atom. The summed E-state index contributed by atoms with van der Waals surface area (Å²) in [7, 11) is 0. The quantitative estimate of drug-likeness (QED) is 0.498. The zero-order valence-electron chi connectivity index (χ0n) is 5.13. The lowest BCUT2D eigenvalue weighted by Gasteiger charge is -2.23. The summed E-state index contributed by atoms with van der Waals surface area (Å²) in [6, 6.07) is 0. The van der Waals surface area contributed by atoms with Gasteiger partial charge in [-0.2, -0.15) is 0 Å². The summed E-state index contributed by atoms with van der Waals surface area (Å²) in [6.45, 7) is 2.97. The molecule has 2 N–H and O–H groups in total. The molecule has 2 unspecified atom stereocenters. The highest BCUT2D eigenvalue weighted by Crippen LogP contribution is 2.14. The van der Waals surface area contributed by atoms with Crippen LogP contribution in [0.4, 0.5) is 0 Å². The molecule has 2 atom stereocenters. The maximum Gasteiger partial charge on any atom is 0.109 e. The van der Waals surface area contributed by atoms with E-state index in [1.165, 1.54) is 0 Å². The van der Waals surface area contributed by atoms with Crippen molar-refractivity contribution < 1.29 is 4.74 Å². The van der Waals surface area contributed by atoms with E-state index in [-0.39, 0.29) is 6.23 Å². The standard InChI is InChI=1S/C6H12NO/c1-5-2-3-8-6(7)4-5/h4-6H,2-3,7H2,1H3. The molecule has 47 valence electrons. The normalized spacial score (nSPS) is 39.8. The molecule has 0 aromatic rings. The van der Waals surface area contributed by atoms with E-state index in [1.807, 2.05) is 6.42 Å². The van der Waals surface area contributed by atoms with E-state index < -0.39 is 0 Å². The third-order valence-electron chi connectivity index (χ3n) is 1.40. The summed E-state index contributed by atoms with van der Waals surface area (Å²) in [5.74, 6) is 0.638. The summed E-state index contributed by atoms with van der Waals surface area (Å²) < 4.78 is 5.07. The SMILES string of the molecule is CC1[CH]C(N)OCC1. The van der Waals surface area contributed by atoms with Crippen molar-refractivity contribution in [1.29, 1.82) is 0 Å². The van der Waals surface area contributed by atoms with Crippen LogP contribution >= 0.6 is 0 Å². The molecule has 1 radical (unpaired) electrons. The first-order valence-corrected chi connectivity index (χ1v) is 3.01. The van der Waals surface area contributed by atoms with Crippen LogP contribution in [0.3, 0.4) is 0 Å². The van der Waals surface area contributed by atoms with E-state index in [4.69, 9.17) is 10.5 Å². The Labute approximate surface area is 50.0 Å². The molecule has 0 spiro atoms. The van der Waals surface area contributed by atoms with Crippen LogP contribution in [-0.4, -0.2) is 12.8 Å². The lowest BCUT2D eigenvalue weighted by molar-refractivity contribution is 0.0376. The van der Waals surface area contributed by atoms with Gasteiger partial charge in [0.25, 0.3) is 0 Å². The predicted octanol–water partition coefficient (Wildman–Crippen LogP) is 0.532. The molecule has 0 saturated carbocycles. The van der Waals surface area contributed by atoms with Crippen LogP contribution in [0.5, 0.6) is 0 Å². The first-order chi connectivity index (χ1) is 3.79. The molecular formula is C6H12NO. The fourth-order valence-corrected chi connectivity index (χ4v) is 0.866. The molecule has 2 nitrogen and oxygen atoms in total. The van der Waals surface area contributed by atoms with E-state index in [9.17, 15) is 0 Å². The molecule has 0 aromatic carbocycles. The maximum atomic E-state index is 5.45. The molecule has 1 aliphatic heterocycles. The lowest BCUT2D eigenvalue weighted by Crippen LogP contribution is -2.32. The molecule has 1 heterocycles. The Kier molecular flexibility index (Phi) is 1.86. The molecule has 1 saturated heterocycles. The minimum atomic E-state index is -0.112. The van der Waals surface area contributed by atoms with Crippen molar-refractivity contribution in [2.45, 2.75) is 19.6 Å². The van der Waals surface area contributed by atoms with Crippen LogP contribution in [0.2, 0.25) is 0 Å². The van der Waals surface area contributed by atoms with Gasteiger partial charge in [-0.15, -0.1) is 0 Å². The number of ether oxygens (including phenoxy) is 1. The molecule has 8 heavy (non-hydrogen) atoms. The minimum Gasteiger partial charge on any atom is -0.363 e. The van der Waals surface area contributed by atoms with Crippen molar-refractivity contribution in [3.8, 4) is 0 Å². The van der Waals surface area contributed by atoms with Crippen LogP contribution < -0.4 is 5.73 Å². The Morgan fingerprint density at radius 2 is 2.50 bits per heavy atom. The van der Waals surface area contributed by atoms with Crippen molar-refractivity contribution >= 4 is 0 Å². The average molecular weight is 114 g/mol. The summed E-state index contributed by atoms with van der Waals surface area (Å²) in [5.41, 5.74) is 5.45. The Morgan fingerprint density at radius 1 is 1.75 bits per heavy atom. The fraction of sp³-hybridized carbons (Fsp3) is 0.833.